The molecule has 0 spiro atoms. The Kier molecular flexibility index (Phi) is 8.10. The first-order valence-electron chi connectivity index (χ1n) is 10.5. The molecule has 5 nitrogen and oxygen atoms in total. The van der Waals surface area contributed by atoms with Crippen molar-refractivity contribution in [1.82, 2.24) is 14.4 Å². The van der Waals surface area contributed by atoms with Gasteiger partial charge in [0.1, 0.15) is 0 Å². The van der Waals surface area contributed by atoms with E-state index in [2.05, 4.69) is 76.9 Å². The Morgan fingerprint density at radius 1 is 1.07 bits per heavy atom. The maximum absolute atomic E-state index is 10.5. The molecule has 1 N–H and O–H groups in total. The van der Waals surface area contributed by atoms with Gasteiger partial charge in [-0.3, -0.25) is 9.80 Å². The van der Waals surface area contributed by atoms with Crippen molar-refractivity contribution in [2.24, 2.45) is 5.92 Å². The number of hydrogen-bond acceptors (Lipinski definition) is 4. The zero-order chi connectivity index (χ0) is 19.8. The molecule has 154 valence electrons. The Labute approximate surface area is 169 Å². The Balaban J connectivity index is 1.63. The summed E-state index contributed by atoms with van der Waals surface area (Å²) in [6.45, 7) is 12.3. The number of morpholine rings is 1. The van der Waals surface area contributed by atoms with Crippen LogP contribution in [-0.4, -0.2) is 71.5 Å². The molecule has 2 heterocycles. The number of aromatic nitrogens is 1. The van der Waals surface area contributed by atoms with Crippen LogP contribution >= 0.6 is 0 Å². The quantitative estimate of drug-likeness (QED) is 0.683. The lowest BCUT2D eigenvalue weighted by Crippen LogP contribution is -2.43. The summed E-state index contributed by atoms with van der Waals surface area (Å²) in [4.78, 5) is 4.86. The molecule has 28 heavy (non-hydrogen) atoms. The molecule has 0 amide bonds. The summed E-state index contributed by atoms with van der Waals surface area (Å²) in [7, 11) is 0. The fraction of sp³-hybridized carbons (Fsp3) is 0.565. The topological polar surface area (TPSA) is 40.9 Å². The standard InChI is InChI=1S/C23H35N3O2/c1-20(2)23(27)19-25(12-11-24-13-15-28-16-14-24)18-22-9-6-10-26(22)17-21-7-4-3-5-8-21/h3-10,20,23,27H,11-19H2,1-2H3. The number of aliphatic hydroxyl groups excluding tert-OH is 1. The van der Waals surface area contributed by atoms with E-state index < -0.39 is 0 Å². The van der Waals surface area contributed by atoms with Crippen LogP contribution in [0.5, 0.6) is 0 Å². The van der Waals surface area contributed by atoms with Gasteiger partial charge < -0.3 is 14.4 Å². The van der Waals surface area contributed by atoms with E-state index in [0.717, 1.165) is 52.5 Å². The second-order valence-electron chi connectivity index (χ2n) is 8.11. The van der Waals surface area contributed by atoms with Gasteiger partial charge >= 0.3 is 0 Å². The van der Waals surface area contributed by atoms with E-state index in [0.29, 0.717) is 6.54 Å². The third kappa shape index (κ3) is 6.45. The molecule has 1 aliphatic rings. The average Bonchev–Trinajstić information content (AvgIpc) is 3.14. The van der Waals surface area contributed by atoms with Crippen LogP contribution in [0.2, 0.25) is 0 Å². The van der Waals surface area contributed by atoms with Crippen LogP contribution in [0, 0.1) is 5.92 Å². The van der Waals surface area contributed by atoms with Gasteiger partial charge in [0.2, 0.25) is 0 Å². The predicted octanol–water partition coefficient (Wildman–Crippen LogP) is 2.69. The summed E-state index contributed by atoms with van der Waals surface area (Å²) in [5.74, 6) is 0.266. The Hall–Kier alpha value is -1.66. The minimum absolute atomic E-state index is 0.266. The fourth-order valence-corrected chi connectivity index (χ4v) is 3.57. The van der Waals surface area contributed by atoms with Gasteiger partial charge in [0, 0.05) is 57.7 Å². The molecular formula is C23H35N3O2. The summed E-state index contributed by atoms with van der Waals surface area (Å²) >= 11 is 0. The molecule has 0 aliphatic carbocycles. The molecule has 0 bridgehead atoms. The molecule has 1 aromatic heterocycles. The molecule has 0 saturated carbocycles. The van der Waals surface area contributed by atoms with Gasteiger partial charge in [-0.05, 0) is 23.6 Å². The molecule has 2 aromatic rings. The first-order chi connectivity index (χ1) is 13.6. The molecule has 3 rings (SSSR count). The van der Waals surface area contributed by atoms with E-state index in [1.54, 1.807) is 0 Å². The SMILES string of the molecule is CC(C)C(O)CN(CCN1CCOCC1)Cc1cccn1Cc1ccccc1. The molecule has 1 saturated heterocycles. The van der Waals surface area contributed by atoms with Crippen molar-refractivity contribution >= 4 is 0 Å². The molecule has 1 aliphatic heterocycles. The van der Waals surface area contributed by atoms with Gasteiger partial charge in [-0.15, -0.1) is 0 Å². The number of aliphatic hydroxyl groups is 1. The monoisotopic (exact) mass is 385 g/mol. The first-order valence-corrected chi connectivity index (χ1v) is 10.5. The van der Waals surface area contributed by atoms with Gasteiger partial charge in [0.15, 0.2) is 0 Å². The number of hydrogen-bond donors (Lipinski definition) is 1. The maximum atomic E-state index is 10.5. The molecule has 1 fully saturated rings. The highest BCUT2D eigenvalue weighted by Gasteiger charge is 2.18. The van der Waals surface area contributed by atoms with E-state index in [1.165, 1.54) is 11.3 Å². The maximum Gasteiger partial charge on any atom is 0.0690 e. The number of nitrogens with zero attached hydrogens (tertiary/aromatic N) is 3. The fourth-order valence-electron chi connectivity index (χ4n) is 3.57. The summed E-state index contributed by atoms with van der Waals surface area (Å²) in [6, 6.07) is 14.9. The number of rotatable bonds is 10. The van der Waals surface area contributed by atoms with Gasteiger partial charge in [-0.25, -0.2) is 0 Å². The van der Waals surface area contributed by atoms with Crippen molar-refractivity contribution < 1.29 is 9.84 Å². The van der Waals surface area contributed by atoms with E-state index in [4.69, 9.17) is 4.74 Å². The summed E-state index contributed by atoms with van der Waals surface area (Å²) < 4.78 is 7.78. The van der Waals surface area contributed by atoms with E-state index >= 15 is 0 Å². The van der Waals surface area contributed by atoms with E-state index in [-0.39, 0.29) is 12.0 Å². The van der Waals surface area contributed by atoms with Crippen molar-refractivity contribution in [2.75, 3.05) is 45.9 Å². The van der Waals surface area contributed by atoms with Crippen LogP contribution in [0.15, 0.2) is 48.7 Å². The third-order valence-corrected chi connectivity index (χ3v) is 5.56. The second kappa shape index (κ2) is 10.8. The van der Waals surface area contributed by atoms with Gasteiger partial charge in [-0.2, -0.15) is 0 Å². The Morgan fingerprint density at radius 3 is 2.54 bits per heavy atom. The van der Waals surface area contributed by atoms with Crippen LogP contribution < -0.4 is 0 Å². The van der Waals surface area contributed by atoms with Crippen molar-refractivity contribution in [3.8, 4) is 0 Å². The smallest absolute Gasteiger partial charge is 0.0690 e. The summed E-state index contributed by atoms with van der Waals surface area (Å²) in [5, 5.41) is 10.5. The largest absolute Gasteiger partial charge is 0.392 e. The van der Waals surface area contributed by atoms with Gasteiger partial charge in [0.05, 0.1) is 19.3 Å². The van der Waals surface area contributed by atoms with Gasteiger partial charge in [-0.1, -0.05) is 44.2 Å². The molecule has 1 unspecified atom stereocenters. The lowest BCUT2D eigenvalue weighted by atomic mass is 10.1. The van der Waals surface area contributed by atoms with Crippen molar-refractivity contribution in [1.29, 1.82) is 0 Å². The number of benzene rings is 1. The van der Waals surface area contributed by atoms with Crippen molar-refractivity contribution in [3.63, 3.8) is 0 Å². The second-order valence-corrected chi connectivity index (χ2v) is 8.11. The van der Waals surface area contributed by atoms with Crippen LogP contribution in [0.25, 0.3) is 0 Å². The van der Waals surface area contributed by atoms with Crippen LogP contribution in [0.4, 0.5) is 0 Å². The predicted molar refractivity (Wildman–Crippen MR) is 113 cm³/mol. The molecule has 5 heteroatoms. The highest BCUT2D eigenvalue weighted by molar-refractivity contribution is 5.17. The Bertz CT molecular complexity index is 680. The van der Waals surface area contributed by atoms with Gasteiger partial charge in [0.25, 0.3) is 0 Å². The summed E-state index contributed by atoms with van der Waals surface area (Å²) in [5.41, 5.74) is 2.60. The zero-order valence-corrected chi connectivity index (χ0v) is 17.3. The molecular weight excluding hydrogens is 350 g/mol. The highest BCUT2D eigenvalue weighted by atomic mass is 16.5. The lowest BCUT2D eigenvalue weighted by molar-refractivity contribution is 0.0257. The zero-order valence-electron chi connectivity index (χ0n) is 17.3. The lowest BCUT2D eigenvalue weighted by Gasteiger charge is -2.31. The summed E-state index contributed by atoms with van der Waals surface area (Å²) in [6.07, 6.45) is 1.85. The first kappa shape index (κ1) is 21.1. The minimum atomic E-state index is -0.303. The van der Waals surface area contributed by atoms with Crippen LogP contribution in [-0.2, 0) is 17.8 Å². The normalized spacial score (nSPS) is 16.8. The molecule has 1 atom stereocenters. The molecule has 0 radical (unpaired) electrons. The molecule has 1 aromatic carbocycles. The van der Waals surface area contributed by atoms with Crippen LogP contribution in [0.1, 0.15) is 25.1 Å². The van der Waals surface area contributed by atoms with Crippen LogP contribution in [0.3, 0.4) is 0 Å². The average molecular weight is 386 g/mol. The third-order valence-electron chi connectivity index (χ3n) is 5.56. The highest BCUT2D eigenvalue weighted by Crippen LogP contribution is 2.13. The Morgan fingerprint density at radius 2 is 1.82 bits per heavy atom. The van der Waals surface area contributed by atoms with Crippen molar-refractivity contribution in [3.05, 3.63) is 59.9 Å². The van der Waals surface area contributed by atoms with E-state index in [9.17, 15) is 5.11 Å². The number of ether oxygens (including phenoxy) is 1. The van der Waals surface area contributed by atoms with Crippen molar-refractivity contribution in [2.45, 2.75) is 33.0 Å². The van der Waals surface area contributed by atoms with E-state index in [1.807, 2.05) is 0 Å². The minimum Gasteiger partial charge on any atom is -0.392 e.